The van der Waals surface area contributed by atoms with Crippen LogP contribution in [0.2, 0.25) is 0 Å². The minimum absolute atomic E-state index is 0.0740. The highest BCUT2D eigenvalue weighted by molar-refractivity contribution is 5.95. The van der Waals surface area contributed by atoms with E-state index >= 15 is 0 Å². The molecule has 1 atom stereocenters. The van der Waals surface area contributed by atoms with Crippen LogP contribution in [0, 0.1) is 18.7 Å². The first-order chi connectivity index (χ1) is 13.4. The smallest absolute Gasteiger partial charge is 0.308 e. The fourth-order valence-corrected chi connectivity index (χ4v) is 2.84. The summed E-state index contributed by atoms with van der Waals surface area (Å²) in [6, 6.07) is 6.18. The highest BCUT2D eigenvalue weighted by Gasteiger charge is 2.25. The number of carbonyl (C=O) groups is 2. The van der Waals surface area contributed by atoms with Crippen LogP contribution in [0.3, 0.4) is 0 Å². The zero-order valence-corrected chi connectivity index (χ0v) is 16.4. The Bertz CT molecular complexity index is 822. The van der Waals surface area contributed by atoms with Gasteiger partial charge in [0.2, 0.25) is 0 Å². The Morgan fingerprint density at radius 3 is 2.71 bits per heavy atom. The molecule has 2 aromatic rings. The van der Waals surface area contributed by atoms with Crippen LogP contribution in [0.5, 0.6) is 0 Å². The molecular formula is C20H26FN3O4. The molecule has 0 bridgehead atoms. The van der Waals surface area contributed by atoms with Gasteiger partial charge in [-0.3, -0.25) is 9.59 Å². The number of carboxylic acid groups (broad SMARTS) is 1. The molecule has 2 rings (SSSR count). The maximum absolute atomic E-state index is 14.1. The molecule has 1 unspecified atom stereocenters. The Hall–Kier alpha value is -2.74. The summed E-state index contributed by atoms with van der Waals surface area (Å²) in [7, 11) is 0. The van der Waals surface area contributed by atoms with E-state index in [1.807, 2.05) is 6.92 Å². The van der Waals surface area contributed by atoms with Crippen LogP contribution in [-0.4, -0.2) is 58.0 Å². The van der Waals surface area contributed by atoms with Gasteiger partial charge in [-0.1, -0.05) is 19.1 Å². The minimum Gasteiger partial charge on any atom is -0.481 e. The largest absolute Gasteiger partial charge is 0.481 e. The monoisotopic (exact) mass is 391 g/mol. The van der Waals surface area contributed by atoms with E-state index < -0.39 is 17.7 Å². The second kappa shape index (κ2) is 9.98. The van der Waals surface area contributed by atoms with Crippen molar-refractivity contribution in [1.29, 1.82) is 0 Å². The van der Waals surface area contributed by atoms with Crippen LogP contribution in [0.4, 0.5) is 4.39 Å². The molecule has 1 N–H and O–H groups in total. The number of nitrogens with zero attached hydrogens (tertiary/aromatic N) is 3. The van der Waals surface area contributed by atoms with E-state index in [0.29, 0.717) is 37.4 Å². The van der Waals surface area contributed by atoms with Crippen LogP contribution in [0.25, 0.3) is 5.69 Å². The lowest BCUT2D eigenvalue weighted by Crippen LogP contribution is -2.38. The SMILES string of the molecule is CCOCCCN(CC(C)C(=O)O)C(=O)c1cnn(-c2ccccc2F)c1C. The molecule has 28 heavy (non-hydrogen) atoms. The van der Waals surface area contributed by atoms with Crippen molar-refractivity contribution >= 4 is 11.9 Å². The molecule has 0 spiro atoms. The van der Waals surface area contributed by atoms with Crippen LogP contribution in [0.1, 0.15) is 36.3 Å². The molecule has 1 amide bonds. The second-order valence-electron chi connectivity index (χ2n) is 6.55. The van der Waals surface area contributed by atoms with Crippen LogP contribution in [0.15, 0.2) is 30.5 Å². The van der Waals surface area contributed by atoms with Crippen molar-refractivity contribution in [2.75, 3.05) is 26.3 Å². The Morgan fingerprint density at radius 1 is 1.36 bits per heavy atom. The number of amides is 1. The molecule has 8 heteroatoms. The Kier molecular flexibility index (Phi) is 7.69. The summed E-state index contributed by atoms with van der Waals surface area (Å²) in [5.74, 6) is -2.45. The molecular weight excluding hydrogens is 365 g/mol. The summed E-state index contributed by atoms with van der Waals surface area (Å²) in [6.07, 6.45) is 1.98. The number of carbonyl (C=O) groups excluding carboxylic acids is 1. The number of aliphatic carboxylic acids is 1. The first-order valence-electron chi connectivity index (χ1n) is 9.26. The number of halogens is 1. The maximum atomic E-state index is 14.1. The highest BCUT2D eigenvalue weighted by Crippen LogP contribution is 2.19. The minimum atomic E-state index is -0.971. The van der Waals surface area contributed by atoms with Gasteiger partial charge in [0.25, 0.3) is 5.91 Å². The number of rotatable bonds is 10. The molecule has 0 saturated heterocycles. The molecule has 0 aliphatic rings. The molecule has 0 aliphatic heterocycles. The van der Waals surface area contributed by atoms with E-state index in [9.17, 15) is 19.1 Å². The first-order valence-corrected chi connectivity index (χ1v) is 9.26. The lowest BCUT2D eigenvalue weighted by molar-refractivity contribution is -0.141. The Morgan fingerprint density at radius 2 is 2.07 bits per heavy atom. The van der Waals surface area contributed by atoms with Gasteiger partial charge in [-0.15, -0.1) is 0 Å². The number of para-hydroxylation sites is 1. The number of hydrogen-bond acceptors (Lipinski definition) is 4. The number of ether oxygens (including phenoxy) is 1. The summed E-state index contributed by atoms with van der Waals surface area (Å²) in [6.45, 7) is 6.62. The van der Waals surface area contributed by atoms with E-state index in [1.165, 1.54) is 21.8 Å². The van der Waals surface area contributed by atoms with E-state index in [1.54, 1.807) is 32.0 Å². The van der Waals surface area contributed by atoms with Gasteiger partial charge < -0.3 is 14.7 Å². The van der Waals surface area contributed by atoms with Gasteiger partial charge in [0, 0.05) is 26.3 Å². The van der Waals surface area contributed by atoms with Gasteiger partial charge in [-0.2, -0.15) is 5.10 Å². The zero-order valence-electron chi connectivity index (χ0n) is 16.4. The number of benzene rings is 1. The van der Waals surface area contributed by atoms with Crippen molar-refractivity contribution in [3.63, 3.8) is 0 Å². The topological polar surface area (TPSA) is 84.7 Å². The molecule has 0 aliphatic carbocycles. The predicted octanol–water partition coefficient (Wildman–Crippen LogP) is 2.91. The fourth-order valence-electron chi connectivity index (χ4n) is 2.84. The average Bonchev–Trinajstić information content (AvgIpc) is 3.05. The maximum Gasteiger partial charge on any atom is 0.308 e. The summed E-state index contributed by atoms with van der Waals surface area (Å²) in [5.41, 5.74) is 1.06. The van der Waals surface area contributed by atoms with E-state index in [4.69, 9.17) is 4.74 Å². The van der Waals surface area contributed by atoms with E-state index in [2.05, 4.69) is 5.10 Å². The van der Waals surface area contributed by atoms with Gasteiger partial charge in [-0.05, 0) is 32.4 Å². The number of carboxylic acids is 1. The quantitative estimate of drug-likeness (QED) is 0.630. The van der Waals surface area contributed by atoms with Crippen molar-refractivity contribution in [1.82, 2.24) is 14.7 Å². The van der Waals surface area contributed by atoms with E-state index in [-0.39, 0.29) is 18.1 Å². The van der Waals surface area contributed by atoms with Crippen LogP contribution < -0.4 is 0 Å². The van der Waals surface area contributed by atoms with Crippen molar-refractivity contribution < 1.29 is 23.8 Å². The highest BCUT2D eigenvalue weighted by atomic mass is 19.1. The number of hydrogen-bond donors (Lipinski definition) is 1. The summed E-state index contributed by atoms with van der Waals surface area (Å²) < 4.78 is 20.8. The molecule has 0 fully saturated rings. The van der Waals surface area contributed by atoms with Crippen molar-refractivity contribution in [3.8, 4) is 5.69 Å². The molecule has 0 saturated carbocycles. The summed E-state index contributed by atoms with van der Waals surface area (Å²) in [5, 5.41) is 13.4. The lowest BCUT2D eigenvalue weighted by Gasteiger charge is -2.24. The van der Waals surface area contributed by atoms with Gasteiger partial charge in [-0.25, -0.2) is 9.07 Å². The standard InChI is InChI=1S/C20H26FN3O4/c1-4-28-11-7-10-23(13-14(2)20(26)27)19(25)16-12-22-24(15(16)3)18-9-6-5-8-17(18)21/h5-6,8-9,12,14H,4,7,10-11,13H2,1-3H3,(H,26,27). The second-order valence-corrected chi connectivity index (χ2v) is 6.55. The average molecular weight is 391 g/mol. The van der Waals surface area contributed by atoms with Crippen molar-refractivity contribution in [2.24, 2.45) is 5.92 Å². The van der Waals surface area contributed by atoms with Gasteiger partial charge in [0.05, 0.1) is 23.4 Å². The van der Waals surface area contributed by atoms with Crippen molar-refractivity contribution in [2.45, 2.75) is 27.2 Å². The molecule has 1 aromatic heterocycles. The first kappa shape index (κ1) is 21.6. The van der Waals surface area contributed by atoms with E-state index in [0.717, 1.165) is 0 Å². The lowest BCUT2D eigenvalue weighted by atomic mass is 10.1. The fraction of sp³-hybridized carbons (Fsp3) is 0.450. The Labute approximate surface area is 163 Å². The summed E-state index contributed by atoms with van der Waals surface area (Å²) in [4.78, 5) is 25.8. The predicted molar refractivity (Wildman–Crippen MR) is 102 cm³/mol. The molecule has 0 radical (unpaired) electrons. The molecule has 152 valence electrons. The molecule has 1 heterocycles. The molecule has 7 nitrogen and oxygen atoms in total. The Balaban J connectivity index is 2.25. The third-order valence-corrected chi connectivity index (χ3v) is 4.44. The van der Waals surface area contributed by atoms with Crippen molar-refractivity contribution in [3.05, 3.63) is 47.5 Å². The van der Waals surface area contributed by atoms with Crippen LogP contribution >= 0.6 is 0 Å². The van der Waals surface area contributed by atoms with Gasteiger partial charge >= 0.3 is 5.97 Å². The summed E-state index contributed by atoms with van der Waals surface area (Å²) >= 11 is 0. The third kappa shape index (κ3) is 5.16. The van der Waals surface area contributed by atoms with Gasteiger partial charge in [0.15, 0.2) is 0 Å². The van der Waals surface area contributed by atoms with Gasteiger partial charge in [0.1, 0.15) is 11.5 Å². The molecule has 1 aromatic carbocycles. The normalized spacial score (nSPS) is 12.0. The number of aromatic nitrogens is 2. The zero-order chi connectivity index (χ0) is 20.7. The third-order valence-electron chi connectivity index (χ3n) is 4.44. The van der Waals surface area contributed by atoms with Crippen LogP contribution in [-0.2, 0) is 9.53 Å².